The number of nitrogens with one attached hydrogen (secondary N) is 1. The van der Waals surface area contributed by atoms with Gasteiger partial charge in [0.15, 0.2) is 12.4 Å². The molecule has 0 aromatic heterocycles. The van der Waals surface area contributed by atoms with Crippen LogP contribution in [0.3, 0.4) is 0 Å². The van der Waals surface area contributed by atoms with E-state index in [9.17, 15) is 29.4 Å². The second-order valence-corrected chi connectivity index (χ2v) is 16.7. The van der Waals surface area contributed by atoms with Gasteiger partial charge in [-0.1, -0.05) is 19.4 Å². The summed E-state index contributed by atoms with van der Waals surface area (Å²) in [5.74, 6) is -1.26. The van der Waals surface area contributed by atoms with Crippen LogP contribution in [-0.2, 0) is 37.2 Å². The number of ketones is 2. The fourth-order valence-corrected chi connectivity index (χ4v) is 11.9. The molecule has 3 fully saturated rings. The molecule has 3 N–H and O–H groups in total. The van der Waals surface area contributed by atoms with Gasteiger partial charge in [-0.05, 0) is 95.0 Å². The summed E-state index contributed by atoms with van der Waals surface area (Å²) in [6.07, 6.45) is 5.36. The minimum Gasteiger partial charge on any atom is -0.458 e. The monoisotopic (exact) mass is 665 g/mol. The van der Waals surface area contributed by atoms with Crippen LogP contribution in [0.1, 0.15) is 98.8 Å². The topological polar surface area (TPSA) is 158 Å². The van der Waals surface area contributed by atoms with Crippen molar-refractivity contribution in [3.8, 4) is 0 Å². The van der Waals surface area contributed by atoms with Gasteiger partial charge in [-0.25, -0.2) is 0 Å². The highest BCUT2D eigenvalue weighted by atomic mass is 28.4. The summed E-state index contributed by atoms with van der Waals surface area (Å²) in [5, 5.41) is 26.2. The van der Waals surface area contributed by atoms with Crippen LogP contribution >= 0.6 is 0 Å². The Bertz CT molecular complexity index is 1160. The van der Waals surface area contributed by atoms with E-state index in [1.807, 2.05) is 27.7 Å². The van der Waals surface area contributed by atoms with E-state index in [2.05, 4.69) is 12.2 Å². The highest BCUT2D eigenvalue weighted by Crippen LogP contribution is 2.67. The van der Waals surface area contributed by atoms with Crippen molar-refractivity contribution in [3.63, 3.8) is 0 Å². The maximum absolute atomic E-state index is 13.5. The fraction of sp³-hybridized carbons (Fsp3) is 0.824. The Morgan fingerprint density at radius 1 is 1.00 bits per heavy atom. The van der Waals surface area contributed by atoms with Crippen molar-refractivity contribution in [3.05, 3.63) is 11.6 Å². The fourth-order valence-electron chi connectivity index (χ4n) is 9.33. The van der Waals surface area contributed by atoms with Gasteiger partial charge >= 0.3 is 14.8 Å². The molecule has 0 heterocycles. The molecule has 7 unspecified atom stereocenters. The van der Waals surface area contributed by atoms with E-state index in [-0.39, 0.29) is 60.5 Å². The number of aliphatic hydroxyl groups is 2. The Morgan fingerprint density at radius 3 is 2.33 bits per heavy atom. The molecule has 1 amide bonds. The zero-order valence-electron chi connectivity index (χ0n) is 28.4. The van der Waals surface area contributed by atoms with Crippen LogP contribution in [0.25, 0.3) is 0 Å². The van der Waals surface area contributed by atoms with Crippen LogP contribution in [0.4, 0.5) is 0 Å². The number of fused-ring (bicyclic) bond motifs is 5. The summed E-state index contributed by atoms with van der Waals surface area (Å²) in [6.45, 7) is 11.0. The average Bonchev–Trinajstić information content (AvgIpc) is 3.28. The maximum atomic E-state index is 13.5. The zero-order valence-corrected chi connectivity index (χ0v) is 29.4. The first-order valence-electron chi connectivity index (χ1n) is 17.3. The second-order valence-electron chi connectivity index (χ2n) is 14.0. The zero-order chi connectivity index (χ0) is 33.8. The third kappa shape index (κ3) is 7.22. The summed E-state index contributed by atoms with van der Waals surface area (Å²) in [4.78, 5) is 50.5. The van der Waals surface area contributed by atoms with Gasteiger partial charge in [0, 0.05) is 50.7 Å². The largest absolute Gasteiger partial charge is 0.500 e. The van der Waals surface area contributed by atoms with E-state index < -0.39 is 44.3 Å². The third-order valence-corrected chi connectivity index (χ3v) is 14.7. The molecule has 4 rings (SSSR count). The Labute approximate surface area is 274 Å². The van der Waals surface area contributed by atoms with Gasteiger partial charge in [-0.15, -0.1) is 0 Å². The molecule has 0 saturated heterocycles. The SMILES string of the molecule is CCO[Si](CCCNC(=O)CCC(=O)OCC(=O)C1(O)CCC2C3CCC4=CC(=O)CCC4(C)C3C(O)CC21C)(OCC)OCC. The molecule has 4 aliphatic carbocycles. The van der Waals surface area contributed by atoms with Crippen molar-refractivity contribution in [2.24, 2.45) is 28.6 Å². The molecular formula is C34H55NO10Si. The van der Waals surface area contributed by atoms with Gasteiger partial charge in [-0.2, -0.15) is 0 Å². The predicted octanol–water partition coefficient (Wildman–Crippen LogP) is 3.67. The van der Waals surface area contributed by atoms with E-state index in [1.165, 1.54) is 0 Å². The number of carbonyl (C=O) groups excluding carboxylic acids is 4. The van der Waals surface area contributed by atoms with Gasteiger partial charge in [0.1, 0.15) is 5.60 Å². The van der Waals surface area contributed by atoms with Crippen molar-refractivity contribution in [1.29, 1.82) is 0 Å². The third-order valence-electron chi connectivity index (χ3n) is 11.5. The number of allylic oxidation sites excluding steroid dienone is 1. The molecule has 4 aliphatic rings. The van der Waals surface area contributed by atoms with Crippen LogP contribution in [0.15, 0.2) is 11.6 Å². The molecule has 3 saturated carbocycles. The molecule has 0 aliphatic heterocycles. The molecule has 0 aromatic carbocycles. The summed E-state index contributed by atoms with van der Waals surface area (Å²) < 4.78 is 22.7. The van der Waals surface area contributed by atoms with Crippen LogP contribution in [0, 0.1) is 28.6 Å². The molecule has 11 nitrogen and oxygen atoms in total. The smallest absolute Gasteiger partial charge is 0.458 e. The van der Waals surface area contributed by atoms with Crippen molar-refractivity contribution < 1.29 is 47.4 Å². The number of Topliss-reactive ketones (excluding diaryl/α,β-unsaturated/α-hetero) is 1. The summed E-state index contributed by atoms with van der Waals surface area (Å²) in [7, 11) is -2.79. The molecule has 7 atom stereocenters. The average molecular weight is 666 g/mol. The lowest BCUT2D eigenvalue weighted by atomic mass is 9.45. The Kier molecular flexibility index (Phi) is 12.1. The Morgan fingerprint density at radius 2 is 1.67 bits per heavy atom. The Balaban J connectivity index is 1.25. The van der Waals surface area contributed by atoms with E-state index in [4.69, 9.17) is 18.0 Å². The van der Waals surface area contributed by atoms with Crippen LogP contribution in [0.2, 0.25) is 6.04 Å². The standard InChI is InChI=1S/C34H55NO10Si/c1-6-43-46(44-7-2,45-8-3)19-9-18-35-29(39)12-13-30(40)42-22-28(38)34(41)17-15-26-25-11-10-23-20-24(36)14-16-32(23,4)31(25)27(37)21-33(26,34)5/h20,25-27,31,37,41H,6-19,21-22H2,1-5H3,(H,35,39). The summed E-state index contributed by atoms with van der Waals surface area (Å²) in [6, 6.07) is 0.562. The van der Waals surface area contributed by atoms with Crippen LogP contribution in [-0.4, -0.2) is 87.1 Å². The number of esters is 1. The summed E-state index contributed by atoms with van der Waals surface area (Å²) >= 11 is 0. The first kappa shape index (κ1) is 36.9. The van der Waals surface area contributed by atoms with Gasteiger partial charge < -0.3 is 33.5 Å². The van der Waals surface area contributed by atoms with Gasteiger partial charge in [0.2, 0.25) is 11.7 Å². The number of aliphatic hydroxyl groups excluding tert-OH is 1. The van der Waals surface area contributed by atoms with Gasteiger partial charge in [0.25, 0.3) is 0 Å². The predicted molar refractivity (Wildman–Crippen MR) is 171 cm³/mol. The van der Waals surface area contributed by atoms with Gasteiger partial charge in [0.05, 0.1) is 12.5 Å². The molecule has 0 aromatic rings. The lowest BCUT2D eigenvalue weighted by Crippen LogP contribution is -2.62. The molecule has 12 heteroatoms. The number of hydrogen-bond acceptors (Lipinski definition) is 10. The van der Waals surface area contributed by atoms with E-state index in [0.717, 1.165) is 18.4 Å². The van der Waals surface area contributed by atoms with Crippen LogP contribution < -0.4 is 5.32 Å². The maximum Gasteiger partial charge on any atom is 0.500 e. The van der Waals surface area contributed by atoms with E-state index in [0.29, 0.717) is 58.1 Å². The van der Waals surface area contributed by atoms with Gasteiger partial charge in [-0.3, -0.25) is 19.2 Å². The molecule has 0 radical (unpaired) electrons. The van der Waals surface area contributed by atoms with Crippen LogP contribution in [0.5, 0.6) is 0 Å². The molecular weight excluding hydrogens is 610 g/mol. The second kappa shape index (κ2) is 15.1. The number of ether oxygens (including phenoxy) is 1. The van der Waals surface area contributed by atoms with E-state index >= 15 is 0 Å². The minimum absolute atomic E-state index is 0.0243. The molecule has 46 heavy (non-hydrogen) atoms. The quantitative estimate of drug-likeness (QED) is 0.126. The molecule has 0 bridgehead atoms. The normalized spacial score (nSPS) is 33.8. The molecule has 260 valence electrons. The van der Waals surface area contributed by atoms with Crippen molar-refractivity contribution in [2.75, 3.05) is 33.0 Å². The van der Waals surface area contributed by atoms with Crippen molar-refractivity contribution in [2.45, 2.75) is 117 Å². The first-order chi connectivity index (χ1) is 21.8. The number of hydrogen-bond donors (Lipinski definition) is 3. The number of amides is 1. The number of carbonyl (C=O) groups is 4. The highest BCUT2D eigenvalue weighted by Gasteiger charge is 2.68. The lowest BCUT2D eigenvalue weighted by Gasteiger charge is -2.60. The van der Waals surface area contributed by atoms with E-state index in [1.54, 1.807) is 6.08 Å². The number of rotatable bonds is 16. The van der Waals surface area contributed by atoms with Crippen molar-refractivity contribution >= 4 is 32.2 Å². The summed E-state index contributed by atoms with van der Waals surface area (Å²) in [5.41, 5.74) is -1.70. The Hall–Kier alpha value is -1.96. The van der Waals surface area contributed by atoms with Crippen molar-refractivity contribution in [1.82, 2.24) is 5.32 Å². The minimum atomic E-state index is -2.79. The highest BCUT2D eigenvalue weighted by molar-refractivity contribution is 6.60. The lowest BCUT2D eigenvalue weighted by molar-refractivity contribution is -0.184. The first-order valence-corrected chi connectivity index (χ1v) is 19.2. The molecule has 0 spiro atoms.